The third-order valence-corrected chi connectivity index (χ3v) is 1.08. The first kappa shape index (κ1) is 7.22. The summed E-state index contributed by atoms with van der Waals surface area (Å²) in [6.07, 6.45) is 0. The van der Waals surface area contributed by atoms with E-state index < -0.39 is 6.86 Å². The van der Waals surface area contributed by atoms with Crippen LogP contribution in [-0.2, 0) is 4.74 Å². The van der Waals surface area contributed by atoms with Gasteiger partial charge < -0.3 is 4.74 Å². The number of benzene rings is 1. The standard InChI is InChI=1S/C8H8FO/c9-7-10-6-8-4-2-1-3-5-8/h1-6H,7H2. The molecule has 0 amide bonds. The Balaban J connectivity index is 2.43. The van der Waals surface area contributed by atoms with E-state index in [0.29, 0.717) is 0 Å². The van der Waals surface area contributed by atoms with Crippen LogP contribution in [0.1, 0.15) is 5.56 Å². The molecule has 0 aliphatic carbocycles. The summed E-state index contributed by atoms with van der Waals surface area (Å²) in [5.74, 6) is 0. The second-order valence-electron chi connectivity index (χ2n) is 1.80. The van der Waals surface area contributed by atoms with Crippen molar-refractivity contribution < 1.29 is 9.13 Å². The zero-order chi connectivity index (χ0) is 7.23. The maximum absolute atomic E-state index is 11.4. The summed E-state index contributed by atoms with van der Waals surface area (Å²) >= 11 is 0. The van der Waals surface area contributed by atoms with Crippen molar-refractivity contribution in [2.45, 2.75) is 0 Å². The smallest absolute Gasteiger partial charge is 0.189 e. The fourth-order valence-corrected chi connectivity index (χ4v) is 0.659. The molecule has 0 aliphatic heterocycles. The van der Waals surface area contributed by atoms with Crippen LogP contribution in [0.4, 0.5) is 4.39 Å². The van der Waals surface area contributed by atoms with Crippen molar-refractivity contribution in [1.82, 2.24) is 0 Å². The van der Waals surface area contributed by atoms with Gasteiger partial charge in [0.25, 0.3) is 0 Å². The van der Waals surface area contributed by atoms with Crippen LogP contribution in [0.2, 0.25) is 0 Å². The highest BCUT2D eigenvalue weighted by Crippen LogP contribution is 2.01. The fraction of sp³-hybridized carbons (Fsp3) is 0.125. The van der Waals surface area contributed by atoms with Gasteiger partial charge in [-0.05, 0) is 5.56 Å². The van der Waals surface area contributed by atoms with Gasteiger partial charge in [0.2, 0.25) is 0 Å². The Morgan fingerprint density at radius 3 is 2.60 bits per heavy atom. The lowest BCUT2D eigenvalue weighted by molar-refractivity contribution is 0.115. The largest absolute Gasteiger partial charge is 0.339 e. The Labute approximate surface area is 59.4 Å². The predicted molar refractivity (Wildman–Crippen MR) is 36.9 cm³/mol. The Kier molecular flexibility index (Phi) is 2.90. The van der Waals surface area contributed by atoms with Crippen molar-refractivity contribution >= 4 is 0 Å². The first-order valence-electron chi connectivity index (χ1n) is 2.99. The molecule has 1 aromatic carbocycles. The highest BCUT2D eigenvalue weighted by atomic mass is 19.1. The first-order valence-corrected chi connectivity index (χ1v) is 2.99. The van der Waals surface area contributed by atoms with Gasteiger partial charge in [0.15, 0.2) is 6.86 Å². The normalized spacial score (nSPS) is 9.70. The Bertz CT molecular complexity index is 174. The highest BCUT2D eigenvalue weighted by molar-refractivity contribution is 5.19. The zero-order valence-electron chi connectivity index (χ0n) is 5.46. The van der Waals surface area contributed by atoms with Crippen molar-refractivity contribution in [1.29, 1.82) is 0 Å². The van der Waals surface area contributed by atoms with Crippen molar-refractivity contribution in [2.24, 2.45) is 0 Å². The summed E-state index contributed by atoms with van der Waals surface area (Å²) in [6, 6.07) is 9.32. The molecule has 0 saturated carbocycles. The number of rotatable bonds is 3. The number of hydrogen-bond acceptors (Lipinski definition) is 1. The number of hydrogen-bond donors (Lipinski definition) is 0. The summed E-state index contributed by atoms with van der Waals surface area (Å²) in [7, 11) is 0. The third-order valence-electron chi connectivity index (χ3n) is 1.08. The molecule has 0 heterocycles. The number of ether oxygens (including phenoxy) is 1. The molecule has 53 valence electrons. The molecule has 1 aromatic rings. The van der Waals surface area contributed by atoms with E-state index in [1.165, 1.54) is 6.61 Å². The SMILES string of the molecule is FCO[CH]c1ccccc1. The summed E-state index contributed by atoms with van der Waals surface area (Å²) < 4.78 is 15.9. The van der Waals surface area contributed by atoms with E-state index in [1.54, 1.807) is 0 Å². The summed E-state index contributed by atoms with van der Waals surface area (Å²) in [6.45, 7) is 0.620. The minimum atomic E-state index is -0.769. The average Bonchev–Trinajstić information content (AvgIpc) is 2.03. The van der Waals surface area contributed by atoms with Crippen molar-refractivity contribution in [3.63, 3.8) is 0 Å². The molecule has 1 nitrogen and oxygen atoms in total. The first-order chi connectivity index (χ1) is 4.93. The van der Waals surface area contributed by atoms with Crippen molar-refractivity contribution in [3.8, 4) is 0 Å². The zero-order valence-corrected chi connectivity index (χ0v) is 5.46. The molecule has 0 spiro atoms. The third kappa shape index (κ3) is 2.15. The van der Waals surface area contributed by atoms with E-state index in [-0.39, 0.29) is 0 Å². The van der Waals surface area contributed by atoms with Crippen molar-refractivity contribution in [2.75, 3.05) is 6.86 Å². The van der Waals surface area contributed by atoms with Gasteiger partial charge in [-0.25, -0.2) is 4.39 Å². The lowest BCUT2D eigenvalue weighted by Gasteiger charge is -1.96. The van der Waals surface area contributed by atoms with Crippen LogP contribution in [-0.4, -0.2) is 6.86 Å². The van der Waals surface area contributed by atoms with Gasteiger partial charge in [-0.1, -0.05) is 30.3 Å². The molecule has 0 atom stereocenters. The van der Waals surface area contributed by atoms with Gasteiger partial charge in [0, 0.05) is 0 Å². The molecular weight excluding hydrogens is 131 g/mol. The van der Waals surface area contributed by atoms with E-state index >= 15 is 0 Å². The Hall–Kier alpha value is -0.890. The van der Waals surface area contributed by atoms with Gasteiger partial charge in [0.05, 0.1) is 0 Å². The van der Waals surface area contributed by atoms with Gasteiger partial charge in [-0.3, -0.25) is 0 Å². The van der Waals surface area contributed by atoms with Gasteiger partial charge in [-0.2, -0.15) is 0 Å². The average molecular weight is 139 g/mol. The Morgan fingerprint density at radius 1 is 1.30 bits per heavy atom. The van der Waals surface area contributed by atoms with E-state index in [0.717, 1.165) is 5.56 Å². The summed E-state index contributed by atoms with van der Waals surface area (Å²) in [4.78, 5) is 0. The molecular formula is C8H8FO. The molecule has 0 aromatic heterocycles. The lowest BCUT2D eigenvalue weighted by Crippen LogP contribution is -1.85. The second-order valence-corrected chi connectivity index (χ2v) is 1.80. The highest BCUT2D eigenvalue weighted by Gasteiger charge is 1.89. The fourth-order valence-electron chi connectivity index (χ4n) is 0.659. The Morgan fingerprint density at radius 2 is 2.00 bits per heavy atom. The monoisotopic (exact) mass is 139 g/mol. The lowest BCUT2D eigenvalue weighted by atomic mass is 10.2. The van der Waals surface area contributed by atoms with Crippen LogP contribution in [0.3, 0.4) is 0 Å². The molecule has 0 aliphatic rings. The number of halogens is 1. The minimum absolute atomic E-state index is 0.769. The van der Waals surface area contributed by atoms with Gasteiger partial charge in [0.1, 0.15) is 6.61 Å². The van der Waals surface area contributed by atoms with Crippen LogP contribution >= 0.6 is 0 Å². The van der Waals surface area contributed by atoms with E-state index in [4.69, 9.17) is 0 Å². The molecule has 1 radical (unpaired) electrons. The van der Waals surface area contributed by atoms with Crippen LogP contribution in [0, 0.1) is 6.61 Å². The molecule has 0 saturated heterocycles. The molecule has 0 N–H and O–H groups in total. The second kappa shape index (κ2) is 4.01. The van der Waals surface area contributed by atoms with Gasteiger partial charge in [-0.15, -0.1) is 0 Å². The van der Waals surface area contributed by atoms with Gasteiger partial charge >= 0.3 is 0 Å². The van der Waals surface area contributed by atoms with Crippen molar-refractivity contribution in [3.05, 3.63) is 42.5 Å². The molecule has 10 heavy (non-hydrogen) atoms. The van der Waals surface area contributed by atoms with Crippen LogP contribution in [0.5, 0.6) is 0 Å². The molecule has 0 bridgehead atoms. The van der Waals surface area contributed by atoms with Crippen LogP contribution in [0.15, 0.2) is 30.3 Å². The van der Waals surface area contributed by atoms with E-state index in [9.17, 15) is 4.39 Å². The molecule has 1 rings (SSSR count). The molecule has 0 fully saturated rings. The van der Waals surface area contributed by atoms with Crippen LogP contribution in [0.25, 0.3) is 0 Å². The summed E-state index contributed by atoms with van der Waals surface area (Å²) in [5, 5.41) is 0. The van der Waals surface area contributed by atoms with E-state index in [2.05, 4.69) is 4.74 Å². The minimum Gasteiger partial charge on any atom is -0.339 e. The molecule has 2 heteroatoms. The molecule has 0 unspecified atom stereocenters. The maximum atomic E-state index is 11.4. The van der Waals surface area contributed by atoms with E-state index in [1.807, 2.05) is 30.3 Å². The van der Waals surface area contributed by atoms with Crippen LogP contribution < -0.4 is 0 Å². The summed E-state index contributed by atoms with van der Waals surface area (Å²) in [5.41, 5.74) is 0.875. The predicted octanol–water partition coefficient (Wildman–Crippen LogP) is 2.14. The quantitative estimate of drug-likeness (QED) is 0.623. The number of alkyl halides is 1. The maximum Gasteiger partial charge on any atom is 0.189 e. The topological polar surface area (TPSA) is 9.23 Å².